The summed E-state index contributed by atoms with van der Waals surface area (Å²) in [4.78, 5) is 27.6. The van der Waals surface area contributed by atoms with Gasteiger partial charge in [0.1, 0.15) is 5.69 Å². The molecule has 0 saturated heterocycles. The van der Waals surface area contributed by atoms with Gasteiger partial charge in [-0.25, -0.2) is 18.4 Å². The number of carbonyl (C=O) groups excluding carboxylic acids is 1. The third-order valence-electron chi connectivity index (χ3n) is 5.25. The lowest BCUT2D eigenvalue weighted by Crippen LogP contribution is -2.41. The van der Waals surface area contributed by atoms with Crippen LogP contribution in [0.1, 0.15) is 16.7 Å². The number of tetrazole rings is 1. The van der Waals surface area contributed by atoms with Crippen molar-refractivity contribution in [2.75, 3.05) is 4.90 Å². The number of para-hydroxylation sites is 2. The van der Waals surface area contributed by atoms with Gasteiger partial charge in [-0.2, -0.15) is 4.68 Å². The van der Waals surface area contributed by atoms with Gasteiger partial charge in [0.2, 0.25) is 0 Å². The maximum Gasteiger partial charge on any atom is 0.377 e. The first-order chi connectivity index (χ1) is 15.0. The number of fused-ring (bicyclic) bond motifs is 2. The van der Waals surface area contributed by atoms with Crippen LogP contribution in [-0.2, 0) is 13.0 Å². The molecule has 3 aromatic carbocycles. The molecule has 31 heavy (non-hydrogen) atoms. The molecule has 9 heteroatoms. The predicted molar refractivity (Wildman–Crippen MR) is 108 cm³/mol. The van der Waals surface area contributed by atoms with Crippen molar-refractivity contribution in [3.05, 3.63) is 106 Å². The highest BCUT2D eigenvalue weighted by Crippen LogP contribution is 2.30. The lowest BCUT2D eigenvalue weighted by Gasteiger charge is -2.22. The number of anilines is 1. The van der Waals surface area contributed by atoms with Crippen molar-refractivity contribution < 1.29 is 13.6 Å². The molecule has 1 aliphatic heterocycles. The minimum atomic E-state index is -1.07. The Kier molecular flexibility index (Phi) is 4.43. The molecule has 2 heterocycles. The average Bonchev–Trinajstić information content (AvgIpc) is 3.05. The molecule has 0 unspecified atom stereocenters. The SMILES string of the molecule is O=C(N1Cc2ccccc2Cc2ccccc21)n1nnn(-c2c(F)cccc2F)c1=O. The third-order valence-corrected chi connectivity index (χ3v) is 5.25. The van der Waals surface area contributed by atoms with E-state index in [1.165, 1.54) is 11.0 Å². The molecule has 1 aliphatic rings. The molecule has 154 valence electrons. The summed E-state index contributed by atoms with van der Waals surface area (Å²) in [6, 6.07) is 17.5. The summed E-state index contributed by atoms with van der Waals surface area (Å²) in [5.74, 6) is -1.98. The van der Waals surface area contributed by atoms with Gasteiger partial charge < -0.3 is 0 Å². The van der Waals surface area contributed by atoms with E-state index in [0.717, 1.165) is 28.8 Å². The lowest BCUT2D eigenvalue weighted by molar-refractivity contribution is 0.243. The number of nitrogens with zero attached hydrogens (tertiary/aromatic N) is 5. The van der Waals surface area contributed by atoms with Gasteiger partial charge in [0.05, 0.1) is 6.54 Å². The number of benzene rings is 3. The van der Waals surface area contributed by atoms with E-state index in [1.54, 1.807) is 12.1 Å². The van der Waals surface area contributed by atoms with Crippen LogP contribution in [0.15, 0.2) is 71.5 Å². The molecule has 4 aromatic rings. The van der Waals surface area contributed by atoms with Crippen molar-refractivity contribution in [2.45, 2.75) is 13.0 Å². The number of rotatable bonds is 1. The van der Waals surface area contributed by atoms with Crippen LogP contribution in [0.2, 0.25) is 0 Å². The predicted octanol–water partition coefficient (Wildman–Crippen LogP) is 3.29. The van der Waals surface area contributed by atoms with E-state index in [4.69, 9.17) is 0 Å². The molecule has 1 amide bonds. The van der Waals surface area contributed by atoms with Crippen LogP contribution < -0.4 is 10.6 Å². The van der Waals surface area contributed by atoms with Crippen LogP contribution in [0, 0.1) is 11.6 Å². The van der Waals surface area contributed by atoms with Crippen LogP contribution in [0.25, 0.3) is 5.69 Å². The van der Waals surface area contributed by atoms with Crippen LogP contribution in [0.4, 0.5) is 19.3 Å². The number of amides is 1. The summed E-state index contributed by atoms with van der Waals surface area (Å²) in [5.41, 5.74) is 1.77. The summed E-state index contributed by atoms with van der Waals surface area (Å²) in [7, 11) is 0. The van der Waals surface area contributed by atoms with E-state index in [0.29, 0.717) is 21.5 Å². The van der Waals surface area contributed by atoms with Crippen molar-refractivity contribution in [2.24, 2.45) is 0 Å². The Bertz CT molecular complexity index is 1360. The second kappa shape index (κ2) is 7.28. The van der Waals surface area contributed by atoms with E-state index < -0.39 is 29.0 Å². The number of halogens is 2. The fourth-order valence-electron chi connectivity index (χ4n) is 3.75. The van der Waals surface area contributed by atoms with Gasteiger partial charge in [-0.05, 0) is 51.7 Å². The zero-order valence-electron chi connectivity index (χ0n) is 16.1. The van der Waals surface area contributed by atoms with E-state index >= 15 is 0 Å². The average molecular weight is 419 g/mol. The van der Waals surface area contributed by atoms with Crippen LogP contribution >= 0.6 is 0 Å². The second-order valence-electron chi connectivity index (χ2n) is 7.10. The Morgan fingerprint density at radius 1 is 0.806 bits per heavy atom. The Labute approximate surface area is 174 Å². The Morgan fingerprint density at radius 3 is 2.19 bits per heavy atom. The van der Waals surface area contributed by atoms with Gasteiger partial charge in [-0.3, -0.25) is 4.90 Å². The summed E-state index contributed by atoms with van der Waals surface area (Å²) in [5, 5.41) is 7.14. The van der Waals surface area contributed by atoms with E-state index in [-0.39, 0.29) is 6.54 Å². The Morgan fingerprint density at radius 2 is 1.45 bits per heavy atom. The zero-order chi connectivity index (χ0) is 21.5. The highest BCUT2D eigenvalue weighted by Gasteiger charge is 2.28. The number of hydrogen-bond acceptors (Lipinski definition) is 4. The molecule has 1 aromatic heterocycles. The molecule has 0 aliphatic carbocycles. The standard InChI is InChI=1S/C22H15F2N5O2/c23-17-9-5-10-18(24)20(17)28-22(31)29(26-25-28)21(30)27-13-16-8-2-1-6-14(16)12-15-7-3-4-11-19(15)27/h1-11H,12-13H2. The molecule has 0 saturated carbocycles. The molecular weight excluding hydrogens is 404 g/mol. The molecule has 0 N–H and O–H groups in total. The van der Waals surface area contributed by atoms with E-state index in [2.05, 4.69) is 10.4 Å². The first-order valence-corrected chi connectivity index (χ1v) is 9.50. The maximum absolute atomic E-state index is 14.1. The Hall–Kier alpha value is -4.14. The number of hydrogen-bond donors (Lipinski definition) is 0. The van der Waals surface area contributed by atoms with Gasteiger partial charge in [0, 0.05) is 5.69 Å². The minimum Gasteiger partial charge on any atom is -0.288 e. The monoisotopic (exact) mass is 419 g/mol. The van der Waals surface area contributed by atoms with Crippen LogP contribution in [0.3, 0.4) is 0 Å². The van der Waals surface area contributed by atoms with Gasteiger partial charge in [0.15, 0.2) is 11.6 Å². The molecule has 0 bridgehead atoms. The van der Waals surface area contributed by atoms with Crippen molar-refractivity contribution >= 4 is 11.7 Å². The third kappa shape index (κ3) is 3.10. The first-order valence-electron chi connectivity index (χ1n) is 9.50. The van der Waals surface area contributed by atoms with Gasteiger partial charge in [-0.15, -0.1) is 4.68 Å². The molecule has 0 spiro atoms. The molecular formula is C22H15F2N5O2. The van der Waals surface area contributed by atoms with Crippen LogP contribution in [-0.4, -0.2) is 25.8 Å². The van der Waals surface area contributed by atoms with Crippen molar-refractivity contribution in [1.29, 1.82) is 0 Å². The zero-order valence-corrected chi connectivity index (χ0v) is 16.1. The Balaban J connectivity index is 1.61. The quantitative estimate of drug-likeness (QED) is 0.444. The summed E-state index contributed by atoms with van der Waals surface area (Å²) in [6.07, 6.45) is 0.623. The summed E-state index contributed by atoms with van der Waals surface area (Å²) >= 11 is 0. The smallest absolute Gasteiger partial charge is 0.288 e. The van der Waals surface area contributed by atoms with E-state index in [9.17, 15) is 18.4 Å². The number of carbonyl (C=O) groups is 1. The van der Waals surface area contributed by atoms with Crippen molar-refractivity contribution in [3.63, 3.8) is 0 Å². The largest absolute Gasteiger partial charge is 0.377 e. The molecule has 7 nitrogen and oxygen atoms in total. The molecule has 0 fully saturated rings. The fourth-order valence-corrected chi connectivity index (χ4v) is 3.75. The first kappa shape index (κ1) is 18.9. The van der Waals surface area contributed by atoms with E-state index in [1.807, 2.05) is 36.4 Å². The maximum atomic E-state index is 14.1. The molecule has 0 atom stereocenters. The summed E-state index contributed by atoms with van der Waals surface area (Å²) in [6.45, 7) is 0.208. The highest BCUT2D eigenvalue weighted by atomic mass is 19.1. The highest BCUT2D eigenvalue weighted by molar-refractivity contribution is 5.94. The van der Waals surface area contributed by atoms with Crippen molar-refractivity contribution in [3.8, 4) is 5.69 Å². The van der Waals surface area contributed by atoms with Gasteiger partial charge in [0.25, 0.3) is 0 Å². The molecule has 0 radical (unpaired) electrons. The normalized spacial score (nSPS) is 12.8. The number of aromatic nitrogens is 4. The minimum absolute atomic E-state index is 0.208. The van der Waals surface area contributed by atoms with Gasteiger partial charge >= 0.3 is 11.7 Å². The molecule has 5 rings (SSSR count). The van der Waals surface area contributed by atoms with Crippen molar-refractivity contribution in [1.82, 2.24) is 19.8 Å². The van der Waals surface area contributed by atoms with Crippen LogP contribution in [0.5, 0.6) is 0 Å². The lowest BCUT2D eigenvalue weighted by atomic mass is 10.0. The second-order valence-corrected chi connectivity index (χ2v) is 7.10. The summed E-state index contributed by atoms with van der Waals surface area (Å²) < 4.78 is 29.2. The fraction of sp³-hybridized carbons (Fsp3) is 0.0909. The van der Waals surface area contributed by atoms with Gasteiger partial charge in [-0.1, -0.05) is 48.5 Å². The topological polar surface area (TPSA) is 73.0 Å².